The highest BCUT2D eigenvalue weighted by atomic mass is 16.5. The van der Waals surface area contributed by atoms with Crippen molar-refractivity contribution in [3.05, 3.63) is 23.8 Å². The fourth-order valence-electron chi connectivity index (χ4n) is 2.88. The Labute approximate surface area is 127 Å². The monoisotopic (exact) mass is 290 g/mol. The molecule has 1 aliphatic carbocycles. The topological polar surface area (TPSA) is 64.3 Å². The van der Waals surface area contributed by atoms with Gasteiger partial charge < -0.3 is 15.8 Å². The number of rotatable bonds is 5. The van der Waals surface area contributed by atoms with E-state index in [0.717, 1.165) is 12.5 Å². The third kappa shape index (κ3) is 4.66. The highest BCUT2D eigenvalue weighted by Gasteiger charge is 2.19. The van der Waals surface area contributed by atoms with Gasteiger partial charge in [-0.15, -0.1) is 0 Å². The summed E-state index contributed by atoms with van der Waals surface area (Å²) in [6.45, 7) is 5.53. The first-order chi connectivity index (χ1) is 10.1. The summed E-state index contributed by atoms with van der Waals surface area (Å²) in [4.78, 5) is 12.2. The lowest BCUT2D eigenvalue weighted by Crippen LogP contribution is -2.31. The van der Waals surface area contributed by atoms with Gasteiger partial charge in [-0.05, 0) is 43.7 Å². The number of benzene rings is 1. The van der Waals surface area contributed by atoms with E-state index in [1.54, 1.807) is 18.2 Å². The quantitative estimate of drug-likeness (QED) is 0.818. The Morgan fingerprint density at radius 1 is 1.29 bits per heavy atom. The molecule has 2 rings (SSSR count). The SMILES string of the molecule is CCOc1cc(N)cc(C(=O)NCC2CCC(C)CC2)c1. The van der Waals surface area contributed by atoms with Crippen molar-refractivity contribution in [2.45, 2.75) is 39.5 Å². The number of anilines is 1. The number of nitrogens with two attached hydrogens (primary N) is 1. The Morgan fingerprint density at radius 2 is 2.00 bits per heavy atom. The lowest BCUT2D eigenvalue weighted by Gasteiger charge is -2.26. The summed E-state index contributed by atoms with van der Waals surface area (Å²) in [5.74, 6) is 2.02. The van der Waals surface area contributed by atoms with Crippen LogP contribution in [0.15, 0.2) is 18.2 Å². The molecule has 1 fully saturated rings. The first kappa shape index (κ1) is 15.7. The molecule has 1 saturated carbocycles. The van der Waals surface area contributed by atoms with Crippen LogP contribution < -0.4 is 15.8 Å². The lowest BCUT2D eigenvalue weighted by molar-refractivity contribution is 0.0941. The van der Waals surface area contributed by atoms with Crippen molar-refractivity contribution in [3.63, 3.8) is 0 Å². The van der Waals surface area contributed by atoms with Crippen LogP contribution in [0.5, 0.6) is 5.75 Å². The number of ether oxygens (including phenoxy) is 1. The smallest absolute Gasteiger partial charge is 0.251 e. The minimum Gasteiger partial charge on any atom is -0.494 e. The fourth-order valence-corrected chi connectivity index (χ4v) is 2.88. The number of nitrogens with one attached hydrogen (secondary N) is 1. The molecule has 4 heteroatoms. The first-order valence-electron chi connectivity index (χ1n) is 7.90. The highest BCUT2D eigenvalue weighted by molar-refractivity contribution is 5.95. The van der Waals surface area contributed by atoms with Crippen LogP contribution in [0.1, 0.15) is 49.9 Å². The molecule has 0 heterocycles. The van der Waals surface area contributed by atoms with E-state index in [1.807, 2.05) is 6.92 Å². The average Bonchev–Trinajstić information content (AvgIpc) is 2.46. The van der Waals surface area contributed by atoms with Crippen LogP contribution in [0.4, 0.5) is 5.69 Å². The van der Waals surface area contributed by atoms with Crippen LogP contribution in [0.2, 0.25) is 0 Å². The maximum Gasteiger partial charge on any atom is 0.251 e. The van der Waals surface area contributed by atoms with E-state index < -0.39 is 0 Å². The Bertz CT molecular complexity index is 480. The van der Waals surface area contributed by atoms with Crippen molar-refractivity contribution in [1.29, 1.82) is 0 Å². The molecule has 21 heavy (non-hydrogen) atoms. The van der Waals surface area contributed by atoms with Gasteiger partial charge in [-0.1, -0.05) is 19.8 Å². The third-order valence-electron chi connectivity index (χ3n) is 4.19. The molecule has 0 aromatic heterocycles. The van der Waals surface area contributed by atoms with Crippen molar-refractivity contribution >= 4 is 11.6 Å². The van der Waals surface area contributed by atoms with Gasteiger partial charge >= 0.3 is 0 Å². The molecule has 0 bridgehead atoms. The first-order valence-corrected chi connectivity index (χ1v) is 7.90. The van der Waals surface area contributed by atoms with E-state index in [2.05, 4.69) is 12.2 Å². The second kappa shape index (κ2) is 7.34. The number of carbonyl (C=O) groups is 1. The molecule has 0 atom stereocenters. The van der Waals surface area contributed by atoms with Crippen molar-refractivity contribution in [2.75, 3.05) is 18.9 Å². The Hall–Kier alpha value is -1.71. The summed E-state index contributed by atoms with van der Waals surface area (Å²) in [5.41, 5.74) is 6.95. The molecule has 1 amide bonds. The molecule has 1 aliphatic rings. The molecule has 0 unspecified atom stereocenters. The summed E-state index contributed by atoms with van der Waals surface area (Å²) in [6, 6.07) is 5.18. The van der Waals surface area contributed by atoms with Crippen molar-refractivity contribution in [2.24, 2.45) is 11.8 Å². The van der Waals surface area contributed by atoms with E-state index in [-0.39, 0.29) is 5.91 Å². The van der Waals surface area contributed by atoms with Crippen molar-refractivity contribution < 1.29 is 9.53 Å². The summed E-state index contributed by atoms with van der Waals surface area (Å²) in [6.07, 6.45) is 4.96. The van der Waals surface area contributed by atoms with Gasteiger partial charge in [0.25, 0.3) is 5.91 Å². The van der Waals surface area contributed by atoms with Crippen LogP contribution in [-0.2, 0) is 0 Å². The predicted octanol–water partition coefficient (Wildman–Crippen LogP) is 3.22. The van der Waals surface area contributed by atoms with Crippen LogP contribution in [0.3, 0.4) is 0 Å². The van der Waals surface area contributed by atoms with Crippen LogP contribution in [0.25, 0.3) is 0 Å². The molecule has 0 aliphatic heterocycles. The second-order valence-electron chi connectivity index (χ2n) is 6.06. The molecule has 4 nitrogen and oxygen atoms in total. The van der Waals surface area contributed by atoms with E-state index in [1.165, 1.54) is 25.7 Å². The van der Waals surface area contributed by atoms with Gasteiger partial charge in [0.05, 0.1) is 6.61 Å². The van der Waals surface area contributed by atoms with Crippen LogP contribution >= 0.6 is 0 Å². The lowest BCUT2D eigenvalue weighted by atomic mass is 9.83. The summed E-state index contributed by atoms with van der Waals surface area (Å²) in [7, 11) is 0. The van der Waals surface area contributed by atoms with E-state index in [9.17, 15) is 4.79 Å². The van der Waals surface area contributed by atoms with E-state index >= 15 is 0 Å². The van der Waals surface area contributed by atoms with Crippen LogP contribution in [-0.4, -0.2) is 19.1 Å². The molecule has 3 N–H and O–H groups in total. The minimum absolute atomic E-state index is 0.0677. The largest absolute Gasteiger partial charge is 0.494 e. The Morgan fingerprint density at radius 3 is 2.67 bits per heavy atom. The summed E-state index contributed by atoms with van der Waals surface area (Å²) >= 11 is 0. The van der Waals surface area contributed by atoms with Gasteiger partial charge in [0, 0.05) is 23.9 Å². The van der Waals surface area contributed by atoms with E-state index in [0.29, 0.717) is 29.5 Å². The van der Waals surface area contributed by atoms with Gasteiger partial charge in [0.2, 0.25) is 0 Å². The van der Waals surface area contributed by atoms with Gasteiger partial charge in [0.15, 0.2) is 0 Å². The number of amides is 1. The number of hydrogen-bond acceptors (Lipinski definition) is 3. The zero-order chi connectivity index (χ0) is 15.2. The standard InChI is InChI=1S/C17H26N2O2/c1-3-21-16-9-14(8-15(18)10-16)17(20)19-11-13-6-4-12(2)5-7-13/h8-10,12-13H,3-7,11,18H2,1-2H3,(H,19,20). The zero-order valence-corrected chi connectivity index (χ0v) is 13.0. The number of hydrogen-bond donors (Lipinski definition) is 2. The second-order valence-corrected chi connectivity index (χ2v) is 6.06. The third-order valence-corrected chi connectivity index (χ3v) is 4.19. The van der Waals surface area contributed by atoms with Crippen molar-refractivity contribution in [3.8, 4) is 5.75 Å². The maximum absolute atomic E-state index is 12.2. The fraction of sp³-hybridized carbons (Fsp3) is 0.588. The van der Waals surface area contributed by atoms with Gasteiger partial charge in [0.1, 0.15) is 5.75 Å². The predicted molar refractivity (Wildman–Crippen MR) is 85.5 cm³/mol. The maximum atomic E-state index is 12.2. The van der Waals surface area contributed by atoms with Gasteiger partial charge in [-0.25, -0.2) is 0 Å². The molecule has 0 saturated heterocycles. The number of carbonyl (C=O) groups excluding carboxylic acids is 1. The molecule has 0 spiro atoms. The molecular formula is C17H26N2O2. The Balaban J connectivity index is 1.90. The summed E-state index contributed by atoms with van der Waals surface area (Å²) in [5, 5.41) is 3.03. The number of nitrogen functional groups attached to an aromatic ring is 1. The van der Waals surface area contributed by atoms with Gasteiger partial charge in [-0.2, -0.15) is 0 Å². The van der Waals surface area contributed by atoms with Crippen molar-refractivity contribution in [1.82, 2.24) is 5.32 Å². The molecule has 0 radical (unpaired) electrons. The summed E-state index contributed by atoms with van der Waals surface area (Å²) < 4.78 is 5.42. The normalized spacial score (nSPS) is 21.8. The average molecular weight is 290 g/mol. The molecular weight excluding hydrogens is 264 g/mol. The Kier molecular flexibility index (Phi) is 5.48. The molecule has 116 valence electrons. The van der Waals surface area contributed by atoms with Gasteiger partial charge in [-0.3, -0.25) is 4.79 Å². The van der Waals surface area contributed by atoms with E-state index in [4.69, 9.17) is 10.5 Å². The highest BCUT2D eigenvalue weighted by Crippen LogP contribution is 2.27. The minimum atomic E-state index is -0.0677. The molecule has 1 aromatic carbocycles. The molecule has 1 aromatic rings. The zero-order valence-electron chi connectivity index (χ0n) is 13.0. The van der Waals surface area contributed by atoms with Crippen LogP contribution in [0, 0.1) is 11.8 Å².